The average Bonchev–Trinajstić information content (AvgIpc) is 2.79. The molecule has 1 aliphatic rings. The molecule has 3 N–H and O–H groups in total. The number of amides is 1. The Labute approximate surface area is 183 Å². The highest BCUT2D eigenvalue weighted by atomic mass is 32.2. The minimum atomic E-state index is -2.00. The molecule has 0 fully saturated rings. The summed E-state index contributed by atoms with van der Waals surface area (Å²) >= 11 is -2.00. The summed E-state index contributed by atoms with van der Waals surface area (Å²) in [6.07, 6.45) is 1.90. The second kappa shape index (κ2) is 9.32. The van der Waals surface area contributed by atoms with Crippen molar-refractivity contribution >= 4 is 22.7 Å². The largest absolute Gasteiger partial charge is 0.508 e. The Bertz CT molecular complexity index is 1110. The predicted molar refractivity (Wildman–Crippen MR) is 121 cm³/mol. The molecule has 4 rings (SSSR count). The Hall–Kier alpha value is -3.16. The van der Waals surface area contributed by atoms with E-state index in [2.05, 4.69) is 10.2 Å². The van der Waals surface area contributed by atoms with Gasteiger partial charge in [0.05, 0.1) is 4.90 Å². The summed E-state index contributed by atoms with van der Waals surface area (Å²) in [5.41, 5.74) is 4.57. The Balaban J connectivity index is 1.44. The molecule has 31 heavy (non-hydrogen) atoms. The van der Waals surface area contributed by atoms with Crippen molar-refractivity contribution in [2.45, 2.75) is 30.8 Å². The average molecular weight is 437 g/mol. The van der Waals surface area contributed by atoms with Crippen LogP contribution >= 0.6 is 0 Å². The van der Waals surface area contributed by atoms with Gasteiger partial charge in [-0.2, -0.15) is 0 Å². The van der Waals surface area contributed by atoms with Gasteiger partial charge in [0.15, 0.2) is 11.1 Å². The molecule has 3 aromatic rings. The molecule has 0 saturated carbocycles. The van der Waals surface area contributed by atoms with Crippen molar-refractivity contribution < 1.29 is 18.7 Å². The number of aryl methyl sites for hydroxylation is 1. The standard InChI is InChI=1S/C24H24N2O4S/c27-23-6-2-1-4-20(23)16-26-13-3-5-18-14-19(9-12-22(18)26)24(28)25-15-17-7-10-21(11-8-17)31(29)30/h1-2,4,6-12,14,27H,3,5,13,15-16H2,(H,25,28)(H,29,30). The fraction of sp³-hybridized carbons (Fsp3) is 0.208. The third kappa shape index (κ3) is 4.95. The van der Waals surface area contributed by atoms with Gasteiger partial charge in [0, 0.05) is 36.4 Å². The van der Waals surface area contributed by atoms with Crippen LogP contribution in [-0.4, -0.2) is 26.3 Å². The number of carbonyl (C=O) groups is 1. The number of carbonyl (C=O) groups excluding carboxylic acids is 1. The molecule has 0 radical (unpaired) electrons. The first kappa shape index (κ1) is 21.1. The summed E-state index contributed by atoms with van der Waals surface area (Å²) in [6.45, 7) is 1.87. The van der Waals surface area contributed by atoms with Crippen LogP contribution in [-0.2, 0) is 30.6 Å². The number of nitrogens with one attached hydrogen (secondary N) is 1. The Kier molecular flexibility index (Phi) is 6.34. The van der Waals surface area contributed by atoms with Gasteiger partial charge in [-0.3, -0.25) is 4.79 Å². The Morgan fingerprint density at radius 1 is 1.06 bits per heavy atom. The van der Waals surface area contributed by atoms with Gasteiger partial charge >= 0.3 is 0 Å². The molecule has 1 atom stereocenters. The second-order valence-electron chi connectivity index (χ2n) is 7.57. The van der Waals surface area contributed by atoms with Crippen LogP contribution in [0.25, 0.3) is 0 Å². The highest BCUT2D eigenvalue weighted by molar-refractivity contribution is 7.79. The van der Waals surface area contributed by atoms with E-state index in [1.165, 1.54) is 0 Å². The van der Waals surface area contributed by atoms with Gasteiger partial charge in [0.2, 0.25) is 0 Å². The number of fused-ring (bicyclic) bond motifs is 1. The van der Waals surface area contributed by atoms with E-state index < -0.39 is 11.1 Å². The van der Waals surface area contributed by atoms with E-state index in [-0.39, 0.29) is 5.91 Å². The van der Waals surface area contributed by atoms with Gasteiger partial charge in [0.1, 0.15) is 5.75 Å². The van der Waals surface area contributed by atoms with Crippen molar-refractivity contribution in [2.24, 2.45) is 0 Å². The molecule has 1 amide bonds. The number of hydrogen-bond acceptors (Lipinski definition) is 4. The molecule has 0 saturated heterocycles. The van der Waals surface area contributed by atoms with Gasteiger partial charge < -0.3 is 19.9 Å². The van der Waals surface area contributed by atoms with E-state index in [1.807, 2.05) is 36.4 Å². The van der Waals surface area contributed by atoms with Crippen molar-refractivity contribution in [2.75, 3.05) is 11.4 Å². The maximum absolute atomic E-state index is 12.6. The zero-order valence-corrected chi connectivity index (χ0v) is 17.8. The number of para-hydroxylation sites is 1. The van der Waals surface area contributed by atoms with Crippen LogP contribution in [0.2, 0.25) is 0 Å². The summed E-state index contributed by atoms with van der Waals surface area (Å²) in [7, 11) is 0. The van der Waals surface area contributed by atoms with Crippen LogP contribution in [0.4, 0.5) is 5.69 Å². The number of phenols is 1. The van der Waals surface area contributed by atoms with Crippen LogP contribution in [0.5, 0.6) is 5.75 Å². The molecule has 0 bridgehead atoms. The van der Waals surface area contributed by atoms with Crippen molar-refractivity contribution in [1.82, 2.24) is 5.32 Å². The Morgan fingerprint density at radius 3 is 2.58 bits per heavy atom. The summed E-state index contributed by atoms with van der Waals surface area (Å²) in [5.74, 6) is 0.138. The van der Waals surface area contributed by atoms with Crippen molar-refractivity contribution in [3.8, 4) is 5.75 Å². The normalized spacial score (nSPS) is 14.0. The van der Waals surface area contributed by atoms with Crippen molar-refractivity contribution in [1.29, 1.82) is 0 Å². The fourth-order valence-electron chi connectivity index (χ4n) is 3.84. The fourth-order valence-corrected chi connectivity index (χ4v) is 4.21. The van der Waals surface area contributed by atoms with Crippen LogP contribution in [0, 0.1) is 0 Å². The zero-order chi connectivity index (χ0) is 21.8. The van der Waals surface area contributed by atoms with Gasteiger partial charge in [-0.1, -0.05) is 30.3 Å². The lowest BCUT2D eigenvalue weighted by atomic mass is 9.98. The monoisotopic (exact) mass is 436 g/mol. The van der Waals surface area contributed by atoms with Gasteiger partial charge in [0.25, 0.3) is 5.91 Å². The molecule has 3 aromatic carbocycles. The van der Waals surface area contributed by atoms with Crippen LogP contribution in [0.1, 0.15) is 33.5 Å². The van der Waals surface area contributed by atoms with Crippen molar-refractivity contribution in [3.05, 3.63) is 89.0 Å². The first-order valence-electron chi connectivity index (χ1n) is 10.1. The molecule has 1 heterocycles. The number of phenolic OH excluding ortho intramolecular Hbond substituents is 1. The number of benzene rings is 3. The van der Waals surface area contributed by atoms with E-state index in [4.69, 9.17) is 4.55 Å². The molecular weight excluding hydrogens is 412 g/mol. The minimum absolute atomic E-state index is 0.157. The number of nitrogens with zero attached hydrogens (tertiary/aromatic N) is 1. The summed E-state index contributed by atoms with van der Waals surface area (Å²) < 4.78 is 20.1. The highest BCUT2D eigenvalue weighted by Gasteiger charge is 2.19. The summed E-state index contributed by atoms with van der Waals surface area (Å²) in [6, 6.07) is 19.7. The predicted octanol–water partition coefficient (Wildman–Crippen LogP) is 3.86. The quantitative estimate of drug-likeness (QED) is 0.511. The molecule has 6 nitrogen and oxygen atoms in total. The third-order valence-corrected chi connectivity index (χ3v) is 6.16. The molecule has 7 heteroatoms. The van der Waals surface area contributed by atoms with E-state index in [0.29, 0.717) is 29.3 Å². The van der Waals surface area contributed by atoms with E-state index in [0.717, 1.165) is 41.8 Å². The molecule has 160 valence electrons. The summed E-state index contributed by atoms with van der Waals surface area (Å²) in [4.78, 5) is 15.2. The van der Waals surface area contributed by atoms with Crippen LogP contribution in [0.3, 0.4) is 0 Å². The second-order valence-corrected chi connectivity index (χ2v) is 8.54. The maximum Gasteiger partial charge on any atom is 0.251 e. The smallest absolute Gasteiger partial charge is 0.251 e. The first-order valence-corrected chi connectivity index (χ1v) is 11.2. The number of hydrogen-bond donors (Lipinski definition) is 3. The lowest BCUT2D eigenvalue weighted by Crippen LogP contribution is -2.29. The van der Waals surface area contributed by atoms with E-state index >= 15 is 0 Å². The molecular formula is C24H24N2O4S. The molecule has 0 aliphatic carbocycles. The molecule has 1 unspecified atom stereocenters. The lowest BCUT2D eigenvalue weighted by molar-refractivity contribution is 0.0950. The summed E-state index contributed by atoms with van der Waals surface area (Å²) in [5, 5.41) is 13.0. The molecule has 0 aromatic heterocycles. The first-order chi connectivity index (χ1) is 15.0. The minimum Gasteiger partial charge on any atom is -0.508 e. The topological polar surface area (TPSA) is 89.9 Å². The van der Waals surface area contributed by atoms with E-state index in [1.54, 1.807) is 30.3 Å². The zero-order valence-electron chi connectivity index (χ0n) is 17.0. The third-order valence-electron chi connectivity index (χ3n) is 5.49. The van der Waals surface area contributed by atoms with Gasteiger partial charge in [-0.05, 0) is 60.4 Å². The maximum atomic E-state index is 12.6. The van der Waals surface area contributed by atoms with Crippen LogP contribution in [0.15, 0.2) is 71.6 Å². The lowest BCUT2D eigenvalue weighted by Gasteiger charge is -2.32. The van der Waals surface area contributed by atoms with Gasteiger partial charge in [-0.25, -0.2) is 4.21 Å². The van der Waals surface area contributed by atoms with E-state index in [9.17, 15) is 14.1 Å². The van der Waals surface area contributed by atoms with Crippen molar-refractivity contribution in [3.63, 3.8) is 0 Å². The number of anilines is 1. The molecule has 1 aliphatic heterocycles. The number of aromatic hydroxyl groups is 1. The van der Waals surface area contributed by atoms with Gasteiger partial charge in [-0.15, -0.1) is 0 Å². The highest BCUT2D eigenvalue weighted by Crippen LogP contribution is 2.31. The van der Waals surface area contributed by atoms with Crippen LogP contribution < -0.4 is 10.2 Å². The Morgan fingerprint density at radius 2 is 1.84 bits per heavy atom. The molecule has 0 spiro atoms. The SMILES string of the molecule is O=C(NCc1ccc(S(=O)O)cc1)c1ccc2c(c1)CCCN2Cc1ccccc1O. The number of rotatable bonds is 6.